The fourth-order valence-corrected chi connectivity index (χ4v) is 3.72. The van der Waals surface area contributed by atoms with Crippen molar-refractivity contribution >= 4 is 16.8 Å². The third-order valence-corrected chi connectivity index (χ3v) is 5.15. The second-order valence-electron chi connectivity index (χ2n) is 8.09. The van der Waals surface area contributed by atoms with Crippen LogP contribution in [-0.2, 0) is 11.2 Å². The smallest absolute Gasteiger partial charge is 0.225 e. The number of nitrogens with zero attached hydrogens (tertiary/aromatic N) is 1. The number of aromatic nitrogens is 2. The molecule has 0 fully saturated rings. The molecule has 1 heterocycles. The van der Waals surface area contributed by atoms with Gasteiger partial charge in [0.2, 0.25) is 5.91 Å². The minimum Gasteiger partial charge on any atom is -0.491 e. The van der Waals surface area contributed by atoms with E-state index in [-0.39, 0.29) is 24.5 Å². The lowest BCUT2D eigenvalue weighted by atomic mass is 9.96. The Bertz CT molecular complexity index is 1180. The molecule has 5 nitrogen and oxygen atoms in total. The molecule has 3 aromatic carbocycles. The molecule has 4 rings (SSSR count). The van der Waals surface area contributed by atoms with Gasteiger partial charge in [-0.05, 0) is 55.7 Å². The van der Waals surface area contributed by atoms with Gasteiger partial charge in [-0.15, -0.1) is 0 Å². The number of hydrogen-bond donors (Lipinski definition) is 2. The van der Waals surface area contributed by atoms with Crippen LogP contribution in [0, 0.1) is 6.92 Å². The third kappa shape index (κ3) is 4.94. The summed E-state index contributed by atoms with van der Waals surface area (Å²) in [5.41, 5.74) is 4.98. The highest BCUT2D eigenvalue weighted by Crippen LogP contribution is 2.32. The van der Waals surface area contributed by atoms with Crippen LogP contribution < -0.4 is 10.1 Å². The molecule has 0 aliphatic rings. The molecule has 0 saturated carbocycles. The summed E-state index contributed by atoms with van der Waals surface area (Å²) in [4.78, 5) is 13.1. The molecule has 0 bridgehead atoms. The van der Waals surface area contributed by atoms with Gasteiger partial charge in [0.25, 0.3) is 0 Å². The van der Waals surface area contributed by atoms with E-state index in [1.807, 2.05) is 81.4 Å². The number of carbonyl (C=O) groups is 1. The van der Waals surface area contributed by atoms with Gasteiger partial charge in [-0.3, -0.25) is 9.89 Å². The van der Waals surface area contributed by atoms with Crippen molar-refractivity contribution < 1.29 is 9.53 Å². The zero-order valence-corrected chi connectivity index (χ0v) is 18.1. The van der Waals surface area contributed by atoms with Gasteiger partial charge in [-0.1, -0.05) is 48.5 Å². The summed E-state index contributed by atoms with van der Waals surface area (Å²) in [5, 5.41) is 11.2. The SMILES string of the molecule is Cc1ccc(C(NC(=O)Cc2ccc3[nH]ncc3c2)c2ccccc2)c(OC(C)C)c1. The lowest BCUT2D eigenvalue weighted by Gasteiger charge is -2.24. The minimum atomic E-state index is -0.305. The zero-order valence-electron chi connectivity index (χ0n) is 18.1. The van der Waals surface area contributed by atoms with Crippen LogP contribution in [0.5, 0.6) is 5.75 Å². The number of hydrogen-bond acceptors (Lipinski definition) is 3. The molecule has 1 atom stereocenters. The average Bonchev–Trinajstić information content (AvgIpc) is 3.21. The number of aryl methyl sites for hydroxylation is 1. The van der Waals surface area contributed by atoms with Gasteiger partial charge in [0, 0.05) is 10.9 Å². The predicted molar refractivity (Wildman–Crippen MR) is 123 cm³/mol. The lowest BCUT2D eigenvalue weighted by molar-refractivity contribution is -0.120. The zero-order chi connectivity index (χ0) is 21.8. The van der Waals surface area contributed by atoms with Gasteiger partial charge in [-0.2, -0.15) is 5.10 Å². The number of H-pyrrole nitrogens is 1. The maximum absolute atomic E-state index is 13.1. The monoisotopic (exact) mass is 413 g/mol. The number of fused-ring (bicyclic) bond motifs is 1. The Balaban J connectivity index is 1.64. The van der Waals surface area contributed by atoms with E-state index in [4.69, 9.17) is 4.74 Å². The maximum Gasteiger partial charge on any atom is 0.225 e. The van der Waals surface area contributed by atoms with Crippen molar-refractivity contribution in [2.75, 3.05) is 0 Å². The highest BCUT2D eigenvalue weighted by atomic mass is 16.5. The number of ether oxygens (including phenoxy) is 1. The number of carbonyl (C=O) groups excluding carboxylic acids is 1. The van der Waals surface area contributed by atoms with Crippen molar-refractivity contribution in [1.29, 1.82) is 0 Å². The summed E-state index contributed by atoms with van der Waals surface area (Å²) in [6.07, 6.45) is 2.09. The molecule has 0 radical (unpaired) electrons. The van der Waals surface area contributed by atoms with E-state index in [0.717, 1.165) is 38.9 Å². The van der Waals surface area contributed by atoms with E-state index in [9.17, 15) is 4.79 Å². The minimum absolute atomic E-state index is 0.0364. The van der Waals surface area contributed by atoms with Crippen LogP contribution in [0.4, 0.5) is 0 Å². The second-order valence-corrected chi connectivity index (χ2v) is 8.09. The normalized spacial score (nSPS) is 12.1. The van der Waals surface area contributed by atoms with E-state index in [1.165, 1.54) is 0 Å². The fourth-order valence-electron chi connectivity index (χ4n) is 3.72. The third-order valence-electron chi connectivity index (χ3n) is 5.15. The van der Waals surface area contributed by atoms with E-state index in [1.54, 1.807) is 6.20 Å². The van der Waals surface area contributed by atoms with Crippen LogP contribution in [0.1, 0.15) is 42.1 Å². The van der Waals surface area contributed by atoms with Crippen LogP contribution >= 0.6 is 0 Å². The summed E-state index contributed by atoms with van der Waals surface area (Å²) >= 11 is 0. The Kier molecular flexibility index (Phi) is 6.03. The standard InChI is InChI=1S/C26H27N3O2/c1-17(2)31-24-13-18(3)9-11-22(24)26(20-7-5-4-6-8-20)28-25(30)15-19-10-12-23-21(14-19)16-27-29-23/h4-14,16-17,26H,15H2,1-3H3,(H,27,29)(H,28,30). The molecule has 5 heteroatoms. The highest BCUT2D eigenvalue weighted by Gasteiger charge is 2.21. The summed E-state index contributed by atoms with van der Waals surface area (Å²) in [6.45, 7) is 6.06. The molecule has 1 amide bonds. The first kappa shape index (κ1) is 20.7. The van der Waals surface area contributed by atoms with Gasteiger partial charge in [-0.25, -0.2) is 0 Å². The first-order valence-electron chi connectivity index (χ1n) is 10.5. The van der Waals surface area contributed by atoms with Gasteiger partial charge >= 0.3 is 0 Å². The molecule has 4 aromatic rings. The number of benzene rings is 3. The van der Waals surface area contributed by atoms with Crippen molar-refractivity contribution in [3.63, 3.8) is 0 Å². The van der Waals surface area contributed by atoms with Crippen molar-refractivity contribution in [1.82, 2.24) is 15.5 Å². The molecule has 31 heavy (non-hydrogen) atoms. The van der Waals surface area contributed by atoms with Crippen LogP contribution in [0.3, 0.4) is 0 Å². The predicted octanol–water partition coefficient (Wildman–Crippen LogP) is 5.11. The Labute approximate surface area is 182 Å². The lowest BCUT2D eigenvalue weighted by Crippen LogP contribution is -2.31. The largest absolute Gasteiger partial charge is 0.491 e. The van der Waals surface area contributed by atoms with E-state index < -0.39 is 0 Å². The molecular formula is C26H27N3O2. The quantitative estimate of drug-likeness (QED) is 0.443. The molecule has 1 unspecified atom stereocenters. The maximum atomic E-state index is 13.1. The van der Waals surface area contributed by atoms with Crippen molar-refractivity contribution in [2.45, 2.75) is 39.3 Å². The van der Waals surface area contributed by atoms with Crippen molar-refractivity contribution in [2.24, 2.45) is 0 Å². The van der Waals surface area contributed by atoms with Crippen molar-refractivity contribution in [3.05, 3.63) is 95.2 Å². The van der Waals surface area contributed by atoms with Crippen molar-refractivity contribution in [3.8, 4) is 5.75 Å². The number of rotatable bonds is 7. The first-order valence-corrected chi connectivity index (χ1v) is 10.5. The number of aromatic amines is 1. The van der Waals surface area contributed by atoms with Crippen LogP contribution in [0.15, 0.2) is 72.9 Å². The first-order chi connectivity index (χ1) is 15.0. The van der Waals surface area contributed by atoms with Crippen LogP contribution in [0.2, 0.25) is 0 Å². The van der Waals surface area contributed by atoms with E-state index in [2.05, 4.69) is 21.6 Å². The van der Waals surface area contributed by atoms with Gasteiger partial charge in [0.05, 0.1) is 30.3 Å². The second kappa shape index (κ2) is 9.04. The molecule has 1 aromatic heterocycles. The summed E-state index contributed by atoms with van der Waals surface area (Å²) in [6, 6.07) is 21.7. The molecule has 0 aliphatic heterocycles. The van der Waals surface area contributed by atoms with E-state index >= 15 is 0 Å². The van der Waals surface area contributed by atoms with Gasteiger partial charge in [0.15, 0.2) is 0 Å². The fraction of sp³-hybridized carbons (Fsp3) is 0.231. The number of nitrogens with one attached hydrogen (secondary N) is 2. The molecule has 158 valence electrons. The number of amides is 1. The summed E-state index contributed by atoms with van der Waals surface area (Å²) in [7, 11) is 0. The molecule has 0 saturated heterocycles. The summed E-state index contributed by atoms with van der Waals surface area (Å²) in [5.74, 6) is 0.747. The Morgan fingerprint density at radius 1 is 1.06 bits per heavy atom. The Morgan fingerprint density at radius 3 is 2.65 bits per heavy atom. The Hall–Kier alpha value is -3.60. The Morgan fingerprint density at radius 2 is 1.87 bits per heavy atom. The van der Waals surface area contributed by atoms with Crippen LogP contribution in [0.25, 0.3) is 10.9 Å². The summed E-state index contributed by atoms with van der Waals surface area (Å²) < 4.78 is 6.11. The van der Waals surface area contributed by atoms with Gasteiger partial charge in [0.1, 0.15) is 5.75 Å². The van der Waals surface area contributed by atoms with E-state index in [0.29, 0.717) is 0 Å². The average molecular weight is 414 g/mol. The molecule has 0 spiro atoms. The van der Waals surface area contributed by atoms with Gasteiger partial charge < -0.3 is 10.1 Å². The van der Waals surface area contributed by atoms with Crippen LogP contribution in [-0.4, -0.2) is 22.2 Å². The topological polar surface area (TPSA) is 67.0 Å². The molecule has 2 N–H and O–H groups in total. The molecule has 0 aliphatic carbocycles. The molecular weight excluding hydrogens is 386 g/mol. The highest BCUT2D eigenvalue weighted by molar-refractivity contribution is 5.83.